The SMILES string of the molecule is C[C@]12C=CCN(Cc3ccccc3)C(=O)[C@H]1[C@H]1C(=O)N(CCCCO)C3C(=O)N(Cc4ccccc4)CC=C[C@@]31S2. The topological polar surface area (TPSA) is 81.2 Å². The van der Waals surface area contributed by atoms with Crippen LogP contribution in [-0.2, 0) is 27.5 Å². The molecule has 6 rings (SSSR count). The minimum atomic E-state index is -0.853. The molecule has 1 spiro atoms. The van der Waals surface area contributed by atoms with Crippen molar-refractivity contribution < 1.29 is 19.5 Å². The second-order valence-electron chi connectivity index (χ2n) is 11.7. The Hall–Kier alpha value is -3.36. The summed E-state index contributed by atoms with van der Waals surface area (Å²) in [5, 5.41) is 9.45. The van der Waals surface area contributed by atoms with Gasteiger partial charge in [-0.25, -0.2) is 0 Å². The number of nitrogens with zero attached hydrogens (tertiary/aromatic N) is 3. The zero-order chi connectivity index (χ0) is 28.6. The monoisotopic (exact) mass is 571 g/mol. The van der Waals surface area contributed by atoms with Crippen molar-refractivity contribution in [1.29, 1.82) is 0 Å². The Morgan fingerprint density at radius 3 is 1.98 bits per heavy atom. The third-order valence-electron chi connectivity index (χ3n) is 8.96. The lowest BCUT2D eigenvalue weighted by Gasteiger charge is -2.37. The van der Waals surface area contributed by atoms with Crippen molar-refractivity contribution in [3.63, 3.8) is 0 Å². The zero-order valence-corrected chi connectivity index (χ0v) is 24.2. The molecule has 0 saturated carbocycles. The minimum Gasteiger partial charge on any atom is -0.396 e. The van der Waals surface area contributed by atoms with Gasteiger partial charge in [-0.2, -0.15) is 0 Å². The largest absolute Gasteiger partial charge is 0.396 e. The molecule has 1 unspecified atom stereocenters. The number of aliphatic hydroxyl groups excluding tert-OH is 1. The highest BCUT2D eigenvalue weighted by molar-refractivity contribution is 8.02. The van der Waals surface area contributed by atoms with E-state index in [0.717, 1.165) is 11.1 Å². The molecule has 8 heteroatoms. The van der Waals surface area contributed by atoms with Gasteiger partial charge in [0.15, 0.2) is 0 Å². The number of rotatable bonds is 8. The average Bonchev–Trinajstić information content (AvgIpc) is 3.25. The normalized spacial score (nSPS) is 30.7. The first-order valence-electron chi connectivity index (χ1n) is 14.5. The highest BCUT2D eigenvalue weighted by Crippen LogP contribution is 2.65. The number of fused-ring (bicyclic) bond motifs is 2. The van der Waals surface area contributed by atoms with Crippen molar-refractivity contribution in [3.8, 4) is 0 Å². The van der Waals surface area contributed by atoms with Crippen molar-refractivity contribution >= 4 is 29.5 Å². The maximum absolute atomic E-state index is 14.4. The van der Waals surface area contributed by atoms with Crippen molar-refractivity contribution in [2.75, 3.05) is 26.2 Å². The van der Waals surface area contributed by atoms with Crippen LogP contribution in [0.4, 0.5) is 0 Å². The molecule has 2 aromatic carbocycles. The summed E-state index contributed by atoms with van der Waals surface area (Å²) in [7, 11) is 0. The van der Waals surface area contributed by atoms with Gasteiger partial charge in [0.05, 0.1) is 16.6 Å². The second kappa shape index (κ2) is 11.1. The Morgan fingerprint density at radius 1 is 0.780 bits per heavy atom. The summed E-state index contributed by atoms with van der Waals surface area (Å²) < 4.78 is -1.48. The lowest BCUT2D eigenvalue weighted by atomic mass is 9.74. The van der Waals surface area contributed by atoms with Gasteiger partial charge in [-0.3, -0.25) is 14.4 Å². The number of hydrogen-bond donors (Lipinski definition) is 1. The molecule has 1 N–H and O–H groups in total. The van der Waals surface area contributed by atoms with Crippen LogP contribution in [-0.4, -0.2) is 79.3 Å². The number of benzene rings is 2. The molecule has 0 aliphatic carbocycles. The number of hydrogen-bond acceptors (Lipinski definition) is 5. The number of aliphatic hydroxyl groups is 1. The van der Waals surface area contributed by atoms with E-state index in [1.807, 2.05) is 82.6 Å². The van der Waals surface area contributed by atoms with Gasteiger partial charge >= 0.3 is 0 Å². The van der Waals surface area contributed by atoms with E-state index in [0.29, 0.717) is 45.6 Å². The standard InChI is InChI=1S/C33H37N3O4S/c1-32-16-10-18-34(22-24-12-4-2-5-13-24)29(38)26(32)27-30(39)36(20-8-9-21-37)28-31(40)35(19-11-17-33(27,28)41-32)23-25-14-6-3-7-15-25/h2-7,10-17,26-28,37H,8-9,18-23H2,1H3/t26-,27+,28?,32+,33+/m1/s1. The van der Waals surface area contributed by atoms with Crippen LogP contribution in [0.2, 0.25) is 0 Å². The molecule has 0 radical (unpaired) electrons. The van der Waals surface area contributed by atoms with Crippen molar-refractivity contribution in [1.82, 2.24) is 14.7 Å². The number of carbonyl (C=O) groups excluding carboxylic acids is 3. The third-order valence-corrected chi connectivity index (χ3v) is 10.8. The molecule has 214 valence electrons. The van der Waals surface area contributed by atoms with Gasteiger partial charge in [0.1, 0.15) is 6.04 Å². The fraction of sp³-hybridized carbons (Fsp3) is 0.424. The van der Waals surface area contributed by atoms with E-state index in [2.05, 4.69) is 19.1 Å². The predicted molar refractivity (Wildman–Crippen MR) is 160 cm³/mol. The number of amides is 3. The fourth-order valence-corrected chi connectivity index (χ4v) is 9.30. The van der Waals surface area contributed by atoms with E-state index in [1.54, 1.807) is 16.7 Å². The molecule has 0 aromatic heterocycles. The van der Waals surface area contributed by atoms with Crippen LogP contribution < -0.4 is 0 Å². The van der Waals surface area contributed by atoms with Gasteiger partial charge in [-0.15, -0.1) is 11.8 Å². The number of carbonyl (C=O) groups is 3. The highest BCUT2D eigenvalue weighted by Gasteiger charge is 2.73. The predicted octanol–water partition coefficient (Wildman–Crippen LogP) is 3.64. The molecule has 2 aromatic rings. The van der Waals surface area contributed by atoms with E-state index >= 15 is 0 Å². The maximum atomic E-state index is 14.4. The smallest absolute Gasteiger partial charge is 0.247 e. The summed E-state index contributed by atoms with van der Waals surface area (Å²) >= 11 is 1.62. The lowest BCUT2D eigenvalue weighted by Crippen LogP contribution is -2.53. The molecule has 4 heterocycles. The first kappa shape index (κ1) is 27.8. The molecule has 0 bridgehead atoms. The van der Waals surface area contributed by atoms with Gasteiger partial charge in [0.2, 0.25) is 17.7 Å². The van der Waals surface area contributed by atoms with E-state index < -0.39 is 27.4 Å². The van der Waals surface area contributed by atoms with Gasteiger partial charge in [-0.1, -0.05) is 85.0 Å². The minimum absolute atomic E-state index is 0.0302. The third kappa shape index (κ3) is 4.81. The molecule has 3 amide bonds. The number of likely N-dealkylation sites (tertiary alicyclic amines) is 1. The van der Waals surface area contributed by atoms with E-state index in [9.17, 15) is 19.5 Å². The number of unbranched alkanes of at least 4 members (excludes halogenated alkanes) is 1. The highest BCUT2D eigenvalue weighted by atomic mass is 32.2. The Bertz CT molecular complexity index is 1370. The first-order chi connectivity index (χ1) is 19.9. The second-order valence-corrected chi connectivity index (χ2v) is 13.5. The van der Waals surface area contributed by atoms with Crippen LogP contribution in [0.5, 0.6) is 0 Å². The maximum Gasteiger partial charge on any atom is 0.247 e. The molecule has 2 fully saturated rings. The Balaban J connectivity index is 1.38. The Labute approximate surface area is 245 Å². The van der Waals surface area contributed by atoms with Crippen LogP contribution in [0.25, 0.3) is 0 Å². The molecule has 2 saturated heterocycles. The van der Waals surface area contributed by atoms with Crippen molar-refractivity contribution in [2.45, 2.75) is 48.4 Å². The van der Waals surface area contributed by atoms with E-state index in [1.165, 1.54) is 0 Å². The quantitative estimate of drug-likeness (QED) is 0.387. The summed E-state index contributed by atoms with van der Waals surface area (Å²) in [6, 6.07) is 19.1. The van der Waals surface area contributed by atoms with Crippen LogP contribution in [0, 0.1) is 11.8 Å². The molecular formula is C33H37N3O4S. The van der Waals surface area contributed by atoms with Crippen LogP contribution in [0.3, 0.4) is 0 Å². The van der Waals surface area contributed by atoms with Crippen molar-refractivity contribution in [3.05, 3.63) is 96.1 Å². The zero-order valence-electron chi connectivity index (χ0n) is 23.4. The first-order valence-corrected chi connectivity index (χ1v) is 15.3. The van der Waals surface area contributed by atoms with Gasteiger partial charge in [-0.05, 0) is 30.9 Å². The molecule has 7 nitrogen and oxygen atoms in total. The van der Waals surface area contributed by atoms with E-state index in [-0.39, 0.29) is 24.3 Å². The van der Waals surface area contributed by atoms with Crippen LogP contribution in [0.1, 0.15) is 30.9 Å². The molecule has 41 heavy (non-hydrogen) atoms. The summed E-state index contributed by atoms with van der Waals surface area (Å²) in [6.07, 6.45) is 9.39. The summed E-state index contributed by atoms with van der Waals surface area (Å²) in [5.41, 5.74) is 2.07. The summed E-state index contributed by atoms with van der Waals surface area (Å²) in [5.74, 6) is -1.49. The van der Waals surface area contributed by atoms with E-state index in [4.69, 9.17) is 0 Å². The Morgan fingerprint density at radius 2 is 1.37 bits per heavy atom. The molecule has 5 atom stereocenters. The fourth-order valence-electron chi connectivity index (χ4n) is 7.14. The molecule has 4 aliphatic rings. The molecular weight excluding hydrogens is 534 g/mol. The van der Waals surface area contributed by atoms with Gasteiger partial charge < -0.3 is 19.8 Å². The Kier molecular flexibility index (Phi) is 7.55. The molecule has 4 aliphatic heterocycles. The summed E-state index contributed by atoms with van der Waals surface area (Å²) in [6.45, 7) is 4.32. The van der Waals surface area contributed by atoms with Gasteiger partial charge in [0.25, 0.3) is 0 Å². The average molecular weight is 572 g/mol. The van der Waals surface area contributed by atoms with Crippen molar-refractivity contribution in [2.24, 2.45) is 11.8 Å². The van der Waals surface area contributed by atoms with Gasteiger partial charge in [0, 0.05) is 44.1 Å². The van der Waals surface area contributed by atoms with Crippen LogP contribution in [0.15, 0.2) is 85.0 Å². The summed E-state index contributed by atoms with van der Waals surface area (Å²) in [4.78, 5) is 48.7. The lowest BCUT2D eigenvalue weighted by molar-refractivity contribution is -0.145. The number of thioether (sulfide) groups is 1. The van der Waals surface area contributed by atoms with Crippen LogP contribution >= 0.6 is 11.8 Å².